The normalized spacial score (nSPS) is 19.3. The van der Waals surface area contributed by atoms with Crippen molar-refractivity contribution in [1.29, 1.82) is 0 Å². The molecule has 132 valence electrons. The smallest absolute Gasteiger partial charge is 0.280 e. The molecule has 1 N–H and O–H groups in total. The molecule has 0 aliphatic carbocycles. The van der Waals surface area contributed by atoms with Gasteiger partial charge >= 0.3 is 0 Å². The Morgan fingerprint density at radius 2 is 2.20 bits per heavy atom. The summed E-state index contributed by atoms with van der Waals surface area (Å²) in [6.45, 7) is 4.59. The lowest BCUT2D eigenvalue weighted by Crippen LogP contribution is -2.61. The van der Waals surface area contributed by atoms with Crippen LogP contribution >= 0.6 is 0 Å². The third-order valence-corrected chi connectivity index (χ3v) is 4.34. The number of nitrogens with one attached hydrogen (secondary N) is 1. The van der Waals surface area contributed by atoms with Gasteiger partial charge in [-0.05, 0) is 44.0 Å². The Hall–Kier alpha value is -2.83. The van der Waals surface area contributed by atoms with Gasteiger partial charge in [-0.2, -0.15) is 5.10 Å². The second kappa shape index (κ2) is 6.58. The third-order valence-electron chi connectivity index (χ3n) is 4.34. The number of fused-ring (bicyclic) bond motifs is 1. The SMILES string of the molecule is Cc1ccc2c(c1)N(C)C(=O)C(C)(C(=O)NCCCn1cccn1)O2. The maximum atomic E-state index is 12.7. The van der Waals surface area contributed by atoms with E-state index in [-0.39, 0.29) is 5.91 Å². The molecule has 2 amide bonds. The molecule has 7 heteroatoms. The molecule has 0 spiro atoms. The molecular weight excluding hydrogens is 320 g/mol. The molecule has 1 aromatic carbocycles. The van der Waals surface area contributed by atoms with E-state index in [0.29, 0.717) is 30.9 Å². The van der Waals surface area contributed by atoms with Gasteiger partial charge in [-0.1, -0.05) is 6.07 Å². The zero-order chi connectivity index (χ0) is 18.0. The van der Waals surface area contributed by atoms with Gasteiger partial charge in [0.25, 0.3) is 17.4 Å². The van der Waals surface area contributed by atoms with E-state index in [1.807, 2.05) is 31.3 Å². The van der Waals surface area contributed by atoms with Gasteiger partial charge in [0, 0.05) is 32.5 Å². The fourth-order valence-corrected chi connectivity index (χ4v) is 2.86. The van der Waals surface area contributed by atoms with Crippen LogP contribution in [0.15, 0.2) is 36.7 Å². The van der Waals surface area contributed by atoms with E-state index < -0.39 is 11.5 Å². The van der Waals surface area contributed by atoms with E-state index in [1.165, 1.54) is 11.8 Å². The average molecular weight is 342 g/mol. The number of ether oxygens (including phenoxy) is 1. The number of carbonyl (C=O) groups excluding carboxylic acids is 2. The van der Waals surface area contributed by atoms with E-state index in [4.69, 9.17) is 4.74 Å². The van der Waals surface area contributed by atoms with Crippen LogP contribution in [0.1, 0.15) is 18.9 Å². The van der Waals surface area contributed by atoms with Crippen LogP contribution in [-0.4, -0.2) is 40.8 Å². The summed E-state index contributed by atoms with van der Waals surface area (Å²) in [5.74, 6) is -0.284. The summed E-state index contributed by atoms with van der Waals surface area (Å²) < 4.78 is 7.60. The van der Waals surface area contributed by atoms with Gasteiger partial charge in [0.15, 0.2) is 0 Å². The standard InChI is InChI=1S/C18H22N4O3/c1-13-6-7-15-14(12-13)21(3)17(24)18(2,25-15)16(23)19-8-4-10-22-11-5-9-20-22/h5-7,9,11-12H,4,8,10H2,1-3H3,(H,19,23). The molecule has 25 heavy (non-hydrogen) atoms. The Morgan fingerprint density at radius 3 is 2.92 bits per heavy atom. The van der Waals surface area contributed by atoms with Gasteiger partial charge in [-0.15, -0.1) is 0 Å². The van der Waals surface area contributed by atoms with E-state index in [2.05, 4.69) is 10.4 Å². The Kier molecular flexibility index (Phi) is 4.48. The van der Waals surface area contributed by atoms with E-state index in [9.17, 15) is 9.59 Å². The van der Waals surface area contributed by atoms with Crippen molar-refractivity contribution < 1.29 is 14.3 Å². The summed E-state index contributed by atoms with van der Waals surface area (Å²) in [7, 11) is 1.66. The number of amides is 2. The van der Waals surface area contributed by atoms with E-state index in [0.717, 1.165) is 5.56 Å². The van der Waals surface area contributed by atoms with Crippen LogP contribution in [0.4, 0.5) is 5.69 Å². The molecule has 1 aromatic heterocycles. The fourth-order valence-electron chi connectivity index (χ4n) is 2.86. The van der Waals surface area contributed by atoms with Crippen LogP contribution in [0.5, 0.6) is 5.75 Å². The minimum Gasteiger partial charge on any atom is -0.466 e. The number of benzene rings is 1. The molecule has 1 unspecified atom stereocenters. The largest absolute Gasteiger partial charge is 0.466 e. The van der Waals surface area contributed by atoms with Crippen LogP contribution in [0, 0.1) is 6.92 Å². The highest BCUT2D eigenvalue weighted by atomic mass is 16.5. The molecule has 0 bridgehead atoms. The Morgan fingerprint density at radius 1 is 1.40 bits per heavy atom. The molecule has 0 fully saturated rings. The highest BCUT2D eigenvalue weighted by Gasteiger charge is 2.49. The molecule has 0 saturated heterocycles. The predicted octanol–water partition coefficient (Wildman–Crippen LogP) is 1.51. The molecule has 2 aromatic rings. The van der Waals surface area contributed by atoms with Crippen LogP contribution in [0.25, 0.3) is 0 Å². The molecule has 1 aliphatic rings. The lowest BCUT2D eigenvalue weighted by molar-refractivity contribution is -0.148. The summed E-state index contributed by atoms with van der Waals surface area (Å²) in [5, 5.41) is 6.90. The van der Waals surface area contributed by atoms with Crippen molar-refractivity contribution in [2.45, 2.75) is 32.4 Å². The lowest BCUT2D eigenvalue weighted by atomic mass is 10.00. The monoisotopic (exact) mass is 342 g/mol. The van der Waals surface area contributed by atoms with E-state index >= 15 is 0 Å². The Bertz CT molecular complexity index is 788. The van der Waals surface area contributed by atoms with Crippen LogP contribution in [0.3, 0.4) is 0 Å². The second-order valence-electron chi connectivity index (χ2n) is 6.35. The Balaban J connectivity index is 1.66. The number of hydrogen-bond acceptors (Lipinski definition) is 4. The molecular formula is C18H22N4O3. The van der Waals surface area contributed by atoms with Crippen molar-refractivity contribution in [2.75, 3.05) is 18.5 Å². The first-order valence-corrected chi connectivity index (χ1v) is 8.25. The number of aromatic nitrogens is 2. The van der Waals surface area contributed by atoms with Crippen LogP contribution in [0.2, 0.25) is 0 Å². The summed E-state index contributed by atoms with van der Waals surface area (Å²) in [4.78, 5) is 26.8. The summed E-state index contributed by atoms with van der Waals surface area (Å²) in [6.07, 6.45) is 4.29. The zero-order valence-corrected chi connectivity index (χ0v) is 14.7. The molecule has 3 rings (SSSR count). The maximum absolute atomic E-state index is 12.7. The first-order valence-electron chi connectivity index (χ1n) is 8.25. The molecule has 0 saturated carbocycles. The van der Waals surface area contributed by atoms with Crippen molar-refractivity contribution in [3.63, 3.8) is 0 Å². The topological polar surface area (TPSA) is 76.5 Å². The molecule has 1 atom stereocenters. The highest BCUT2D eigenvalue weighted by Crippen LogP contribution is 2.37. The molecule has 1 aliphatic heterocycles. The third kappa shape index (κ3) is 3.22. The van der Waals surface area contributed by atoms with Crippen LogP contribution in [-0.2, 0) is 16.1 Å². The van der Waals surface area contributed by atoms with Crippen molar-refractivity contribution in [2.24, 2.45) is 0 Å². The van der Waals surface area contributed by atoms with Gasteiger partial charge in [0.1, 0.15) is 5.75 Å². The second-order valence-corrected chi connectivity index (χ2v) is 6.35. The quantitative estimate of drug-likeness (QED) is 0.660. The van der Waals surface area contributed by atoms with Gasteiger partial charge < -0.3 is 15.0 Å². The number of aryl methyl sites for hydroxylation is 2. The highest BCUT2D eigenvalue weighted by molar-refractivity contribution is 6.16. The summed E-state index contributed by atoms with van der Waals surface area (Å²) >= 11 is 0. The number of anilines is 1. The predicted molar refractivity (Wildman–Crippen MR) is 93.5 cm³/mol. The zero-order valence-electron chi connectivity index (χ0n) is 14.7. The van der Waals surface area contributed by atoms with Crippen molar-refractivity contribution in [3.8, 4) is 5.75 Å². The maximum Gasteiger partial charge on any atom is 0.280 e. The van der Waals surface area contributed by atoms with Crippen molar-refractivity contribution in [1.82, 2.24) is 15.1 Å². The molecule has 7 nitrogen and oxygen atoms in total. The van der Waals surface area contributed by atoms with Gasteiger partial charge in [-0.3, -0.25) is 14.3 Å². The first kappa shape index (κ1) is 17.0. The number of hydrogen-bond donors (Lipinski definition) is 1. The Labute approximate surface area is 146 Å². The minimum absolute atomic E-state index is 0.379. The van der Waals surface area contributed by atoms with Gasteiger partial charge in [-0.25, -0.2) is 0 Å². The summed E-state index contributed by atoms with van der Waals surface area (Å²) in [6, 6.07) is 7.40. The average Bonchev–Trinajstić information content (AvgIpc) is 3.11. The van der Waals surface area contributed by atoms with Crippen molar-refractivity contribution in [3.05, 3.63) is 42.2 Å². The fraction of sp³-hybridized carbons (Fsp3) is 0.389. The summed E-state index contributed by atoms with van der Waals surface area (Å²) in [5.41, 5.74) is 0.130. The number of carbonyl (C=O) groups is 2. The van der Waals surface area contributed by atoms with E-state index in [1.54, 1.807) is 24.0 Å². The van der Waals surface area contributed by atoms with Crippen molar-refractivity contribution >= 4 is 17.5 Å². The molecule has 2 heterocycles. The number of nitrogens with zero attached hydrogens (tertiary/aromatic N) is 3. The molecule has 0 radical (unpaired) electrons. The van der Waals surface area contributed by atoms with Gasteiger partial charge in [0.05, 0.1) is 5.69 Å². The minimum atomic E-state index is -1.57. The number of likely N-dealkylation sites (N-methyl/N-ethyl adjacent to an activating group) is 1. The number of rotatable bonds is 5. The van der Waals surface area contributed by atoms with Gasteiger partial charge in [0.2, 0.25) is 0 Å². The lowest BCUT2D eigenvalue weighted by Gasteiger charge is -2.38. The van der Waals surface area contributed by atoms with Crippen LogP contribution < -0.4 is 15.0 Å². The first-order chi connectivity index (χ1) is 11.9.